The Morgan fingerprint density at radius 1 is 1.67 bits per heavy atom. The molecule has 1 N–H and O–H groups in total. The Balaban J connectivity index is 2.44. The zero-order valence-electron chi connectivity index (χ0n) is 8.50. The summed E-state index contributed by atoms with van der Waals surface area (Å²) in [6.07, 6.45) is 2.97. The fraction of sp³-hybridized carbons (Fsp3) is 0.400. The van der Waals surface area contributed by atoms with Crippen molar-refractivity contribution in [1.82, 2.24) is 10.3 Å². The number of nitrogens with zero attached hydrogens (tertiary/aromatic N) is 1. The summed E-state index contributed by atoms with van der Waals surface area (Å²) in [5.74, 6) is -0.206. The lowest BCUT2D eigenvalue weighted by Crippen LogP contribution is -2.27. The highest BCUT2D eigenvalue weighted by Gasteiger charge is 2.08. The maximum atomic E-state index is 11.5. The van der Waals surface area contributed by atoms with E-state index in [1.165, 1.54) is 12.4 Å². The van der Waals surface area contributed by atoms with E-state index in [9.17, 15) is 4.79 Å². The molecule has 0 saturated heterocycles. The normalized spacial score (nSPS) is 10.0. The van der Waals surface area contributed by atoms with Crippen molar-refractivity contribution >= 4 is 17.5 Å². The Hall–Kier alpha value is -1.13. The third kappa shape index (κ3) is 3.85. The van der Waals surface area contributed by atoms with E-state index in [2.05, 4.69) is 10.3 Å². The molecule has 0 unspecified atom stereocenters. The molecule has 1 aromatic heterocycles. The second kappa shape index (κ2) is 6.37. The van der Waals surface area contributed by atoms with Crippen LogP contribution >= 0.6 is 11.6 Å². The molecule has 1 aromatic rings. The minimum absolute atomic E-state index is 0.206. The molecule has 82 valence electrons. The number of halogens is 1. The Morgan fingerprint density at radius 3 is 3.13 bits per heavy atom. The van der Waals surface area contributed by atoms with Gasteiger partial charge in [-0.05, 0) is 13.0 Å². The van der Waals surface area contributed by atoms with E-state index in [0.29, 0.717) is 30.3 Å². The molecule has 4 nitrogen and oxygen atoms in total. The maximum Gasteiger partial charge on any atom is 0.252 e. The van der Waals surface area contributed by atoms with Gasteiger partial charge in [-0.1, -0.05) is 11.6 Å². The van der Waals surface area contributed by atoms with Gasteiger partial charge in [-0.2, -0.15) is 0 Å². The minimum atomic E-state index is -0.206. The van der Waals surface area contributed by atoms with Gasteiger partial charge in [0.15, 0.2) is 0 Å². The van der Waals surface area contributed by atoms with Crippen molar-refractivity contribution in [2.75, 3.05) is 19.8 Å². The third-order valence-electron chi connectivity index (χ3n) is 1.75. The fourth-order valence-electron chi connectivity index (χ4n) is 1.04. The summed E-state index contributed by atoms with van der Waals surface area (Å²) < 4.78 is 5.09. The molecule has 0 bridgehead atoms. The van der Waals surface area contributed by atoms with Crippen LogP contribution in [0.15, 0.2) is 18.5 Å². The topological polar surface area (TPSA) is 51.2 Å². The average Bonchev–Trinajstić information content (AvgIpc) is 2.25. The molecular weight excluding hydrogens is 216 g/mol. The van der Waals surface area contributed by atoms with Crippen molar-refractivity contribution < 1.29 is 9.53 Å². The van der Waals surface area contributed by atoms with Crippen molar-refractivity contribution in [3.8, 4) is 0 Å². The van der Waals surface area contributed by atoms with E-state index in [4.69, 9.17) is 16.3 Å². The van der Waals surface area contributed by atoms with Crippen LogP contribution in [-0.4, -0.2) is 30.6 Å². The molecule has 15 heavy (non-hydrogen) atoms. The number of hydrogen-bond acceptors (Lipinski definition) is 3. The first-order chi connectivity index (χ1) is 7.25. The molecule has 0 aliphatic rings. The van der Waals surface area contributed by atoms with E-state index in [0.717, 1.165) is 0 Å². The molecule has 0 aliphatic carbocycles. The average molecular weight is 229 g/mol. The molecule has 1 rings (SSSR count). The third-order valence-corrected chi connectivity index (χ3v) is 2.05. The lowest BCUT2D eigenvalue weighted by molar-refractivity contribution is 0.0922. The summed E-state index contributed by atoms with van der Waals surface area (Å²) in [6, 6.07) is 1.58. The first kappa shape index (κ1) is 11.9. The highest BCUT2D eigenvalue weighted by atomic mass is 35.5. The van der Waals surface area contributed by atoms with Crippen molar-refractivity contribution in [2.45, 2.75) is 6.92 Å². The van der Waals surface area contributed by atoms with E-state index in [1.54, 1.807) is 6.07 Å². The molecule has 1 amide bonds. The van der Waals surface area contributed by atoms with Crippen LogP contribution in [0.1, 0.15) is 17.3 Å². The number of hydrogen-bond donors (Lipinski definition) is 1. The lowest BCUT2D eigenvalue weighted by Gasteiger charge is -2.05. The summed E-state index contributed by atoms with van der Waals surface area (Å²) >= 11 is 5.80. The quantitative estimate of drug-likeness (QED) is 0.778. The van der Waals surface area contributed by atoms with Crippen molar-refractivity contribution in [2.24, 2.45) is 0 Å². The largest absolute Gasteiger partial charge is 0.380 e. The fourth-order valence-corrected chi connectivity index (χ4v) is 1.24. The van der Waals surface area contributed by atoms with Gasteiger partial charge in [0.05, 0.1) is 17.2 Å². The molecule has 0 radical (unpaired) electrons. The summed E-state index contributed by atoms with van der Waals surface area (Å²) in [6.45, 7) is 3.53. The van der Waals surface area contributed by atoms with Gasteiger partial charge in [0.2, 0.25) is 0 Å². The van der Waals surface area contributed by atoms with E-state index in [1.807, 2.05) is 6.92 Å². The minimum Gasteiger partial charge on any atom is -0.380 e. The molecule has 5 heteroatoms. The predicted octanol–water partition coefficient (Wildman–Crippen LogP) is 1.50. The van der Waals surface area contributed by atoms with Crippen LogP contribution in [0.3, 0.4) is 0 Å². The van der Waals surface area contributed by atoms with Crippen LogP contribution in [0.5, 0.6) is 0 Å². The summed E-state index contributed by atoms with van der Waals surface area (Å²) in [5, 5.41) is 3.05. The van der Waals surface area contributed by atoms with Gasteiger partial charge in [-0.3, -0.25) is 9.78 Å². The van der Waals surface area contributed by atoms with Gasteiger partial charge in [-0.15, -0.1) is 0 Å². The van der Waals surface area contributed by atoms with Crippen LogP contribution in [0, 0.1) is 0 Å². The van der Waals surface area contributed by atoms with Crippen LogP contribution in [0.4, 0.5) is 0 Å². The number of nitrogens with one attached hydrogen (secondary N) is 1. The summed E-state index contributed by atoms with van der Waals surface area (Å²) in [7, 11) is 0. The molecule has 0 fully saturated rings. The standard InChI is InChI=1S/C10H13ClN2O2/c1-2-15-6-5-13-10(14)8-3-4-12-7-9(8)11/h3-4,7H,2,5-6H2,1H3,(H,13,14). The van der Waals surface area contributed by atoms with Gasteiger partial charge >= 0.3 is 0 Å². The van der Waals surface area contributed by atoms with Gasteiger partial charge in [0.25, 0.3) is 5.91 Å². The van der Waals surface area contributed by atoms with Crippen LogP contribution in [0.2, 0.25) is 5.02 Å². The Labute approximate surface area is 93.6 Å². The summed E-state index contributed by atoms with van der Waals surface area (Å²) in [4.78, 5) is 15.4. The lowest BCUT2D eigenvalue weighted by atomic mass is 10.2. The van der Waals surface area contributed by atoms with E-state index < -0.39 is 0 Å². The predicted molar refractivity (Wildman–Crippen MR) is 58.1 cm³/mol. The van der Waals surface area contributed by atoms with Gasteiger partial charge < -0.3 is 10.1 Å². The van der Waals surface area contributed by atoms with Crippen LogP contribution in [-0.2, 0) is 4.74 Å². The highest BCUT2D eigenvalue weighted by molar-refractivity contribution is 6.33. The molecular formula is C10H13ClN2O2. The number of rotatable bonds is 5. The molecule has 0 aromatic carbocycles. The number of amides is 1. The molecule has 0 aliphatic heterocycles. The summed E-state index contributed by atoms with van der Waals surface area (Å²) in [5.41, 5.74) is 0.433. The molecule has 0 saturated carbocycles. The number of carbonyl (C=O) groups is 1. The smallest absolute Gasteiger partial charge is 0.252 e. The van der Waals surface area contributed by atoms with Crippen molar-refractivity contribution in [1.29, 1.82) is 0 Å². The number of aromatic nitrogens is 1. The van der Waals surface area contributed by atoms with E-state index >= 15 is 0 Å². The van der Waals surface area contributed by atoms with Crippen LogP contribution in [0.25, 0.3) is 0 Å². The monoisotopic (exact) mass is 228 g/mol. The van der Waals surface area contributed by atoms with Gasteiger partial charge in [0.1, 0.15) is 0 Å². The number of pyridine rings is 1. The number of ether oxygens (including phenoxy) is 1. The Kier molecular flexibility index (Phi) is 5.07. The molecule has 0 spiro atoms. The Bertz CT molecular complexity index is 331. The van der Waals surface area contributed by atoms with Gasteiger partial charge in [-0.25, -0.2) is 0 Å². The van der Waals surface area contributed by atoms with Crippen molar-refractivity contribution in [3.63, 3.8) is 0 Å². The van der Waals surface area contributed by atoms with Gasteiger partial charge in [0, 0.05) is 25.5 Å². The zero-order valence-corrected chi connectivity index (χ0v) is 9.25. The number of carbonyl (C=O) groups excluding carboxylic acids is 1. The van der Waals surface area contributed by atoms with Crippen LogP contribution < -0.4 is 5.32 Å². The first-order valence-electron chi connectivity index (χ1n) is 4.71. The first-order valence-corrected chi connectivity index (χ1v) is 5.09. The maximum absolute atomic E-state index is 11.5. The SMILES string of the molecule is CCOCCNC(=O)c1ccncc1Cl. The molecule has 1 heterocycles. The van der Waals surface area contributed by atoms with Crippen molar-refractivity contribution in [3.05, 3.63) is 29.0 Å². The molecule has 0 atom stereocenters. The Morgan fingerprint density at radius 2 is 2.47 bits per heavy atom. The second-order valence-electron chi connectivity index (χ2n) is 2.81. The highest BCUT2D eigenvalue weighted by Crippen LogP contribution is 2.12. The zero-order chi connectivity index (χ0) is 11.1. The second-order valence-corrected chi connectivity index (χ2v) is 3.22. The van der Waals surface area contributed by atoms with E-state index in [-0.39, 0.29) is 5.91 Å².